The maximum absolute atomic E-state index is 12.0. The van der Waals surface area contributed by atoms with Crippen molar-refractivity contribution < 1.29 is 5.11 Å². The van der Waals surface area contributed by atoms with Crippen LogP contribution in [0.15, 0.2) is 71.8 Å². The van der Waals surface area contributed by atoms with Crippen molar-refractivity contribution >= 4 is 11.0 Å². The highest BCUT2D eigenvalue weighted by molar-refractivity contribution is 5.76. The molecular formula is C25H27N5O2. The van der Waals surface area contributed by atoms with Gasteiger partial charge in [0, 0.05) is 24.5 Å². The Morgan fingerprint density at radius 3 is 2.81 bits per heavy atom. The third-order valence-corrected chi connectivity index (χ3v) is 6.40. The molecule has 1 aliphatic rings. The summed E-state index contributed by atoms with van der Waals surface area (Å²) in [4.78, 5) is 23.9. The molecule has 4 aromatic rings. The average molecular weight is 430 g/mol. The quantitative estimate of drug-likeness (QED) is 0.438. The van der Waals surface area contributed by atoms with Crippen LogP contribution in [-0.4, -0.2) is 36.7 Å². The minimum absolute atomic E-state index is 0.0727. The van der Waals surface area contributed by atoms with Crippen LogP contribution in [0.25, 0.3) is 11.0 Å². The Kier molecular flexibility index (Phi) is 5.59. The van der Waals surface area contributed by atoms with E-state index < -0.39 is 6.10 Å². The van der Waals surface area contributed by atoms with Gasteiger partial charge in [-0.2, -0.15) is 0 Å². The van der Waals surface area contributed by atoms with E-state index in [0.29, 0.717) is 6.04 Å². The number of nitrogens with zero attached hydrogens (tertiary/aromatic N) is 3. The van der Waals surface area contributed by atoms with Gasteiger partial charge in [-0.25, -0.2) is 14.8 Å². The minimum Gasteiger partial charge on any atom is -0.387 e. The van der Waals surface area contributed by atoms with Crippen molar-refractivity contribution in [2.75, 3.05) is 0 Å². The Bertz CT molecular complexity index is 1270. The van der Waals surface area contributed by atoms with Gasteiger partial charge in [0.25, 0.3) is 0 Å². The Labute approximate surface area is 186 Å². The molecule has 32 heavy (non-hydrogen) atoms. The lowest BCUT2D eigenvalue weighted by molar-refractivity contribution is 0.135. The molecule has 164 valence electrons. The van der Waals surface area contributed by atoms with Gasteiger partial charge in [0.1, 0.15) is 5.82 Å². The van der Waals surface area contributed by atoms with Crippen molar-refractivity contribution in [1.82, 2.24) is 24.8 Å². The van der Waals surface area contributed by atoms with Crippen molar-refractivity contribution in [1.29, 1.82) is 0 Å². The molecule has 0 spiro atoms. The standard InChI is InChI=1S/C25H27N5O2/c1-16(30-13-5-12-26-25(30)32)24-28-20-10-8-17(15-22(20)29-24)14-19-9-11-21(27-19)23(31)18-6-3-2-4-7-18/h2-8,10,12-13,15-16,19,21,23,27,31H,9,11,14H2,1H3,(H,28,29)/t16?,19?,21-,23-/m1/s1. The third-order valence-electron chi connectivity index (χ3n) is 6.40. The number of rotatable bonds is 6. The number of imidazole rings is 1. The van der Waals surface area contributed by atoms with Gasteiger partial charge in [0.05, 0.1) is 23.2 Å². The van der Waals surface area contributed by atoms with Crippen molar-refractivity contribution in [3.63, 3.8) is 0 Å². The molecule has 1 aliphatic heterocycles. The van der Waals surface area contributed by atoms with E-state index in [9.17, 15) is 9.90 Å². The second-order valence-corrected chi connectivity index (χ2v) is 8.57. The number of aliphatic hydroxyl groups excluding tert-OH is 1. The zero-order valence-electron chi connectivity index (χ0n) is 18.0. The Hall–Kier alpha value is -3.29. The highest BCUT2D eigenvalue weighted by atomic mass is 16.3. The van der Waals surface area contributed by atoms with Crippen molar-refractivity contribution in [2.45, 2.75) is 50.4 Å². The predicted molar refractivity (Wildman–Crippen MR) is 123 cm³/mol. The summed E-state index contributed by atoms with van der Waals surface area (Å²) in [5.41, 5.74) is 3.72. The Balaban J connectivity index is 1.29. The molecule has 5 rings (SSSR count). The molecule has 7 nitrogen and oxygen atoms in total. The molecule has 0 bridgehead atoms. The van der Waals surface area contributed by atoms with Crippen LogP contribution in [-0.2, 0) is 6.42 Å². The van der Waals surface area contributed by atoms with Gasteiger partial charge in [0.2, 0.25) is 0 Å². The zero-order valence-corrected chi connectivity index (χ0v) is 18.0. The molecule has 1 fully saturated rings. The van der Waals surface area contributed by atoms with E-state index in [4.69, 9.17) is 0 Å². The summed E-state index contributed by atoms with van der Waals surface area (Å²) < 4.78 is 1.57. The molecule has 7 heteroatoms. The monoisotopic (exact) mass is 429 g/mol. The van der Waals surface area contributed by atoms with Crippen LogP contribution in [0.1, 0.15) is 48.9 Å². The summed E-state index contributed by atoms with van der Waals surface area (Å²) in [5, 5.41) is 14.3. The fourth-order valence-corrected chi connectivity index (χ4v) is 4.62. The van der Waals surface area contributed by atoms with E-state index in [1.54, 1.807) is 16.8 Å². The Morgan fingerprint density at radius 1 is 1.16 bits per heavy atom. The van der Waals surface area contributed by atoms with Crippen molar-refractivity contribution in [3.05, 3.63) is 94.4 Å². The molecule has 1 saturated heterocycles. The van der Waals surface area contributed by atoms with E-state index >= 15 is 0 Å². The fourth-order valence-electron chi connectivity index (χ4n) is 4.62. The topological polar surface area (TPSA) is 95.8 Å². The van der Waals surface area contributed by atoms with Crippen LogP contribution >= 0.6 is 0 Å². The van der Waals surface area contributed by atoms with Gasteiger partial charge in [-0.3, -0.25) is 4.57 Å². The van der Waals surface area contributed by atoms with E-state index in [-0.39, 0.29) is 17.8 Å². The molecule has 3 heterocycles. The fraction of sp³-hybridized carbons (Fsp3) is 0.320. The summed E-state index contributed by atoms with van der Waals surface area (Å²) >= 11 is 0. The molecule has 4 atom stereocenters. The van der Waals surface area contributed by atoms with Crippen LogP contribution in [0.5, 0.6) is 0 Å². The number of nitrogens with one attached hydrogen (secondary N) is 2. The molecule has 2 aromatic heterocycles. The van der Waals surface area contributed by atoms with Crippen molar-refractivity contribution in [3.8, 4) is 0 Å². The summed E-state index contributed by atoms with van der Waals surface area (Å²) in [6, 6.07) is 18.0. The van der Waals surface area contributed by atoms with E-state index in [1.807, 2.05) is 43.3 Å². The SMILES string of the molecule is CC(c1nc2ccc(CC3CC[C@H]([C@H](O)c4ccccc4)N3)cc2[nH]1)n1cccnc1=O. The molecule has 0 amide bonds. The number of hydrogen-bond acceptors (Lipinski definition) is 5. The first-order valence-electron chi connectivity index (χ1n) is 11.1. The summed E-state index contributed by atoms with van der Waals surface area (Å²) in [6.45, 7) is 1.93. The Morgan fingerprint density at radius 2 is 2.00 bits per heavy atom. The number of hydrogen-bond donors (Lipinski definition) is 3. The lowest BCUT2D eigenvalue weighted by Gasteiger charge is -2.20. The molecule has 0 aliphatic carbocycles. The normalized spacial score (nSPS) is 20.4. The summed E-state index contributed by atoms with van der Waals surface area (Å²) in [5.74, 6) is 0.734. The third kappa shape index (κ3) is 4.09. The molecule has 2 aromatic carbocycles. The minimum atomic E-state index is -0.490. The van der Waals surface area contributed by atoms with Crippen LogP contribution in [0.3, 0.4) is 0 Å². The van der Waals surface area contributed by atoms with Gasteiger partial charge in [-0.1, -0.05) is 36.4 Å². The van der Waals surface area contributed by atoms with Crippen LogP contribution in [0.4, 0.5) is 0 Å². The van der Waals surface area contributed by atoms with E-state index in [2.05, 4.69) is 32.4 Å². The van der Waals surface area contributed by atoms with Gasteiger partial charge in [0.15, 0.2) is 0 Å². The lowest BCUT2D eigenvalue weighted by Crippen LogP contribution is -2.35. The second-order valence-electron chi connectivity index (χ2n) is 8.57. The second kappa shape index (κ2) is 8.68. The zero-order chi connectivity index (χ0) is 22.1. The molecule has 2 unspecified atom stereocenters. The number of aromatic nitrogens is 4. The summed E-state index contributed by atoms with van der Waals surface area (Å²) in [7, 11) is 0. The van der Waals surface area contributed by atoms with Gasteiger partial charge in [-0.15, -0.1) is 0 Å². The first-order valence-corrected chi connectivity index (χ1v) is 11.1. The molecule has 0 saturated carbocycles. The smallest absolute Gasteiger partial charge is 0.348 e. The number of aliphatic hydroxyl groups is 1. The van der Waals surface area contributed by atoms with Crippen molar-refractivity contribution in [2.24, 2.45) is 0 Å². The van der Waals surface area contributed by atoms with Crippen LogP contribution < -0.4 is 11.0 Å². The van der Waals surface area contributed by atoms with Crippen LogP contribution in [0.2, 0.25) is 0 Å². The lowest BCUT2D eigenvalue weighted by atomic mass is 10.0. The molecular weight excluding hydrogens is 402 g/mol. The average Bonchev–Trinajstić information content (AvgIpc) is 3.46. The molecule has 0 radical (unpaired) electrons. The number of H-pyrrole nitrogens is 1. The van der Waals surface area contributed by atoms with Crippen LogP contribution in [0, 0.1) is 0 Å². The number of benzene rings is 2. The highest BCUT2D eigenvalue weighted by Crippen LogP contribution is 2.27. The van der Waals surface area contributed by atoms with E-state index in [1.165, 1.54) is 11.8 Å². The largest absolute Gasteiger partial charge is 0.387 e. The number of aromatic amines is 1. The summed E-state index contributed by atoms with van der Waals surface area (Å²) in [6.07, 6.45) is 5.61. The van der Waals surface area contributed by atoms with Gasteiger partial charge >= 0.3 is 5.69 Å². The van der Waals surface area contributed by atoms with Gasteiger partial charge < -0.3 is 15.4 Å². The van der Waals surface area contributed by atoms with Gasteiger partial charge in [-0.05, 0) is 55.5 Å². The van der Waals surface area contributed by atoms with E-state index in [0.717, 1.165) is 41.7 Å². The predicted octanol–water partition coefficient (Wildman–Crippen LogP) is 3.13. The maximum atomic E-state index is 12.0. The molecule has 3 N–H and O–H groups in total. The maximum Gasteiger partial charge on any atom is 0.348 e. The highest BCUT2D eigenvalue weighted by Gasteiger charge is 2.30. The first kappa shape index (κ1) is 20.6. The number of fused-ring (bicyclic) bond motifs is 1. The first-order chi connectivity index (χ1) is 15.6.